The van der Waals surface area contributed by atoms with Gasteiger partial charge in [0.1, 0.15) is 29.8 Å². The first kappa shape index (κ1) is 16.7. The summed E-state index contributed by atoms with van der Waals surface area (Å²) in [5, 5.41) is 39.1. The highest BCUT2D eigenvalue weighted by atomic mass is 16.6. The van der Waals surface area contributed by atoms with Crippen molar-refractivity contribution in [2.45, 2.75) is 38.1 Å². The molecule has 0 radical (unpaired) electrons. The SMILES string of the molecule is Cc1nc(CO)c2c(C(N)=O)cn([C@@H]3O[C@H](CO)[C@@H](O)[C@H]3O)c2n1. The average molecular weight is 338 g/mol. The van der Waals surface area contributed by atoms with E-state index < -0.39 is 43.7 Å². The molecule has 4 atom stereocenters. The number of hydrogen-bond donors (Lipinski definition) is 5. The molecule has 0 spiro atoms. The van der Waals surface area contributed by atoms with Crippen LogP contribution in [0.5, 0.6) is 0 Å². The second kappa shape index (κ2) is 6.07. The van der Waals surface area contributed by atoms with Gasteiger partial charge in [0.05, 0.1) is 29.9 Å². The molecule has 0 saturated carbocycles. The van der Waals surface area contributed by atoms with Crippen LogP contribution in [0.15, 0.2) is 6.20 Å². The van der Waals surface area contributed by atoms with Crippen molar-refractivity contribution in [3.05, 3.63) is 23.3 Å². The first-order valence-electron chi connectivity index (χ1n) is 7.30. The zero-order chi connectivity index (χ0) is 17.6. The molecular weight excluding hydrogens is 320 g/mol. The zero-order valence-corrected chi connectivity index (χ0v) is 12.8. The van der Waals surface area contributed by atoms with Crippen LogP contribution >= 0.6 is 0 Å². The third kappa shape index (κ3) is 2.44. The number of aromatic nitrogens is 3. The Balaban J connectivity index is 2.22. The van der Waals surface area contributed by atoms with Gasteiger partial charge in [-0.05, 0) is 6.92 Å². The Morgan fingerprint density at radius 2 is 2.04 bits per heavy atom. The third-order valence-corrected chi connectivity index (χ3v) is 4.07. The van der Waals surface area contributed by atoms with Gasteiger partial charge in [-0.2, -0.15) is 0 Å². The molecule has 0 unspecified atom stereocenters. The smallest absolute Gasteiger partial charge is 0.251 e. The first-order chi connectivity index (χ1) is 11.4. The maximum atomic E-state index is 11.7. The quantitative estimate of drug-likeness (QED) is 0.425. The van der Waals surface area contributed by atoms with E-state index in [1.807, 2.05) is 0 Å². The summed E-state index contributed by atoms with van der Waals surface area (Å²) >= 11 is 0. The number of carbonyl (C=O) groups excluding carboxylic acids is 1. The summed E-state index contributed by atoms with van der Waals surface area (Å²) in [6, 6.07) is 0. The van der Waals surface area contributed by atoms with E-state index in [2.05, 4.69) is 9.97 Å². The zero-order valence-electron chi connectivity index (χ0n) is 12.8. The Labute approximate surface area is 136 Å². The molecule has 3 rings (SSSR count). The molecular formula is C14H18N4O6. The molecule has 10 nitrogen and oxygen atoms in total. The van der Waals surface area contributed by atoms with Crippen LogP contribution in [-0.2, 0) is 11.3 Å². The van der Waals surface area contributed by atoms with E-state index in [-0.39, 0.29) is 22.3 Å². The molecule has 2 aromatic heterocycles. The van der Waals surface area contributed by atoms with Crippen molar-refractivity contribution in [1.82, 2.24) is 14.5 Å². The van der Waals surface area contributed by atoms with E-state index in [9.17, 15) is 25.2 Å². The van der Waals surface area contributed by atoms with Crippen LogP contribution in [0.25, 0.3) is 11.0 Å². The van der Waals surface area contributed by atoms with Gasteiger partial charge in [-0.1, -0.05) is 0 Å². The largest absolute Gasteiger partial charge is 0.394 e. The number of ether oxygens (including phenoxy) is 1. The van der Waals surface area contributed by atoms with Crippen LogP contribution in [0.3, 0.4) is 0 Å². The van der Waals surface area contributed by atoms with Crippen LogP contribution < -0.4 is 5.73 Å². The minimum Gasteiger partial charge on any atom is -0.394 e. The van der Waals surface area contributed by atoms with Crippen molar-refractivity contribution in [2.75, 3.05) is 6.61 Å². The molecule has 2 aromatic rings. The predicted octanol–water partition coefficient (Wildman–Crippen LogP) is -2.06. The van der Waals surface area contributed by atoms with Crippen molar-refractivity contribution in [3.8, 4) is 0 Å². The van der Waals surface area contributed by atoms with Gasteiger partial charge in [-0.15, -0.1) is 0 Å². The maximum absolute atomic E-state index is 11.7. The van der Waals surface area contributed by atoms with E-state index in [0.29, 0.717) is 5.82 Å². The minimum atomic E-state index is -1.34. The fourth-order valence-corrected chi connectivity index (χ4v) is 2.95. The molecule has 24 heavy (non-hydrogen) atoms. The van der Waals surface area contributed by atoms with Crippen LogP contribution in [0.2, 0.25) is 0 Å². The second-order valence-electron chi connectivity index (χ2n) is 5.62. The van der Waals surface area contributed by atoms with Crippen LogP contribution in [0, 0.1) is 6.92 Å². The highest BCUT2D eigenvalue weighted by molar-refractivity contribution is 6.06. The summed E-state index contributed by atoms with van der Waals surface area (Å²) in [5.41, 5.74) is 5.90. The lowest BCUT2D eigenvalue weighted by molar-refractivity contribution is -0.0509. The number of rotatable bonds is 4. The number of nitrogens with two attached hydrogens (primary N) is 1. The average Bonchev–Trinajstić information content (AvgIpc) is 3.05. The lowest BCUT2D eigenvalue weighted by Gasteiger charge is -2.17. The second-order valence-corrected chi connectivity index (χ2v) is 5.62. The molecule has 1 fully saturated rings. The van der Waals surface area contributed by atoms with E-state index >= 15 is 0 Å². The van der Waals surface area contributed by atoms with Gasteiger partial charge in [-0.25, -0.2) is 9.97 Å². The fourth-order valence-electron chi connectivity index (χ4n) is 2.95. The van der Waals surface area contributed by atoms with E-state index in [0.717, 1.165) is 0 Å². The fraction of sp³-hybridized carbons (Fsp3) is 0.500. The van der Waals surface area contributed by atoms with Crippen LogP contribution in [-0.4, -0.2) is 65.8 Å². The summed E-state index contributed by atoms with van der Waals surface area (Å²) in [6.45, 7) is 0.698. The monoisotopic (exact) mass is 338 g/mol. The molecule has 1 aliphatic heterocycles. The van der Waals surface area contributed by atoms with Crippen LogP contribution in [0.1, 0.15) is 28.1 Å². The predicted molar refractivity (Wildman–Crippen MR) is 79.7 cm³/mol. The van der Waals surface area contributed by atoms with E-state index in [1.165, 1.54) is 10.8 Å². The summed E-state index contributed by atoms with van der Waals surface area (Å²) in [4.78, 5) is 20.1. The number of primary amides is 1. The van der Waals surface area contributed by atoms with Crippen molar-refractivity contribution in [2.24, 2.45) is 5.73 Å². The van der Waals surface area contributed by atoms with Gasteiger partial charge in [0.2, 0.25) is 0 Å². The number of carbonyl (C=O) groups is 1. The van der Waals surface area contributed by atoms with Crippen molar-refractivity contribution in [1.29, 1.82) is 0 Å². The van der Waals surface area contributed by atoms with Gasteiger partial charge in [0, 0.05) is 6.20 Å². The first-order valence-corrected chi connectivity index (χ1v) is 7.30. The van der Waals surface area contributed by atoms with Crippen molar-refractivity contribution in [3.63, 3.8) is 0 Å². The topological polar surface area (TPSA) is 164 Å². The Morgan fingerprint density at radius 3 is 2.58 bits per heavy atom. The third-order valence-electron chi connectivity index (χ3n) is 4.07. The number of nitrogens with zero attached hydrogens (tertiary/aromatic N) is 3. The summed E-state index contributed by atoms with van der Waals surface area (Å²) in [6.07, 6.45) is -3.35. The molecule has 1 aliphatic rings. The lowest BCUT2D eigenvalue weighted by atomic mass is 10.1. The Bertz CT molecular complexity index is 791. The molecule has 6 N–H and O–H groups in total. The Kier molecular flexibility index (Phi) is 4.24. The molecule has 0 bridgehead atoms. The molecule has 3 heterocycles. The van der Waals surface area contributed by atoms with Gasteiger partial charge in [0.25, 0.3) is 5.91 Å². The number of amides is 1. The maximum Gasteiger partial charge on any atom is 0.251 e. The van der Waals surface area contributed by atoms with Gasteiger partial charge in [-0.3, -0.25) is 4.79 Å². The van der Waals surface area contributed by atoms with Crippen LogP contribution in [0.4, 0.5) is 0 Å². The minimum absolute atomic E-state index is 0.0618. The molecule has 0 aliphatic carbocycles. The number of aryl methyl sites for hydroxylation is 1. The molecule has 1 amide bonds. The van der Waals surface area contributed by atoms with Gasteiger partial charge in [0.15, 0.2) is 6.23 Å². The highest BCUT2D eigenvalue weighted by Gasteiger charge is 2.44. The molecule has 130 valence electrons. The Hall–Kier alpha value is -2.11. The van der Waals surface area contributed by atoms with E-state index in [1.54, 1.807) is 6.92 Å². The standard InChI is InChI=1S/C14H18N4O6/c1-5-16-7(3-19)9-6(12(15)23)2-18(13(9)17-5)14-11(22)10(21)8(4-20)24-14/h2,8,10-11,14,19-22H,3-4H2,1H3,(H2,15,23)/t8-,10-,11-,14-/m1/s1. The van der Waals surface area contributed by atoms with E-state index in [4.69, 9.17) is 10.5 Å². The van der Waals surface area contributed by atoms with Crippen molar-refractivity contribution >= 4 is 16.9 Å². The molecule has 10 heteroatoms. The number of hydrogen-bond acceptors (Lipinski definition) is 8. The number of aliphatic hydroxyl groups excluding tert-OH is 4. The lowest BCUT2D eigenvalue weighted by Crippen LogP contribution is -2.33. The summed E-state index contributed by atoms with van der Waals surface area (Å²) < 4.78 is 6.83. The highest BCUT2D eigenvalue weighted by Crippen LogP contribution is 2.34. The number of aliphatic hydroxyl groups is 4. The summed E-state index contributed by atoms with van der Waals surface area (Å²) in [5.74, 6) is -0.415. The van der Waals surface area contributed by atoms with Gasteiger partial charge < -0.3 is 35.5 Å². The Morgan fingerprint density at radius 1 is 1.33 bits per heavy atom. The summed E-state index contributed by atoms with van der Waals surface area (Å²) in [7, 11) is 0. The van der Waals surface area contributed by atoms with Gasteiger partial charge >= 0.3 is 0 Å². The number of fused-ring (bicyclic) bond motifs is 1. The molecule has 0 aromatic carbocycles. The van der Waals surface area contributed by atoms with Crippen molar-refractivity contribution < 1.29 is 30.0 Å². The molecule has 1 saturated heterocycles. The normalized spacial score (nSPS) is 27.0.